The van der Waals surface area contributed by atoms with Crippen molar-refractivity contribution >= 4 is 11.0 Å². The summed E-state index contributed by atoms with van der Waals surface area (Å²) in [5.41, 5.74) is 2.05. The second kappa shape index (κ2) is 6.18. The van der Waals surface area contributed by atoms with Crippen molar-refractivity contribution in [2.24, 2.45) is 5.14 Å². The highest BCUT2D eigenvalue weighted by atomic mass is 32.2. The SMILES string of the molecule is Cc1ccc(-n2c(-c3ccc(S(N)=O)cc3)c(C)oc2=O)cc1F. The number of hydrogen-bond acceptors (Lipinski definition) is 3. The van der Waals surface area contributed by atoms with Crippen LogP contribution in [-0.2, 0) is 11.0 Å². The van der Waals surface area contributed by atoms with Crippen LogP contribution in [0.2, 0.25) is 0 Å². The fourth-order valence-corrected chi connectivity index (χ4v) is 2.91. The number of aryl methyl sites for hydroxylation is 2. The zero-order valence-corrected chi connectivity index (χ0v) is 13.9. The molecule has 124 valence electrons. The summed E-state index contributed by atoms with van der Waals surface area (Å²) in [5, 5.41) is 5.35. The molecule has 7 heteroatoms. The van der Waals surface area contributed by atoms with E-state index in [4.69, 9.17) is 9.56 Å². The lowest BCUT2D eigenvalue weighted by atomic mass is 10.1. The quantitative estimate of drug-likeness (QED) is 0.792. The zero-order chi connectivity index (χ0) is 17.4. The highest BCUT2D eigenvalue weighted by molar-refractivity contribution is 7.82. The minimum absolute atomic E-state index is 0.376. The first-order valence-electron chi connectivity index (χ1n) is 7.14. The summed E-state index contributed by atoms with van der Waals surface area (Å²) < 4.78 is 31.7. The van der Waals surface area contributed by atoms with Gasteiger partial charge in [0.1, 0.15) is 22.6 Å². The molecule has 0 fully saturated rings. The number of benzene rings is 2. The predicted octanol–water partition coefficient (Wildman–Crippen LogP) is 2.83. The average Bonchev–Trinajstić information content (AvgIpc) is 2.84. The van der Waals surface area contributed by atoms with Gasteiger partial charge in [-0.1, -0.05) is 18.2 Å². The molecule has 3 aromatic rings. The highest BCUT2D eigenvalue weighted by Crippen LogP contribution is 2.27. The summed E-state index contributed by atoms with van der Waals surface area (Å²) in [7, 11) is -1.58. The van der Waals surface area contributed by atoms with Crippen LogP contribution in [0, 0.1) is 19.7 Å². The van der Waals surface area contributed by atoms with Gasteiger partial charge in [-0.3, -0.25) is 0 Å². The summed E-state index contributed by atoms with van der Waals surface area (Å²) in [6.07, 6.45) is 0. The lowest BCUT2D eigenvalue weighted by Crippen LogP contribution is -2.13. The molecule has 2 aromatic carbocycles. The molecule has 1 heterocycles. The Balaban J connectivity index is 2.20. The summed E-state index contributed by atoms with van der Waals surface area (Å²) >= 11 is 0. The van der Waals surface area contributed by atoms with Gasteiger partial charge in [-0.25, -0.2) is 23.1 Å². The number of nitrogens with two attached hydrogens (primary N) is 1. The Bertz CT molecular complexity index is 990. The molecule has 24 heavy (non-hydrogen) atoms. The summed E-state index contributed by atoms with van der Waals surface area (Å²) in [4.78, 5) is 12.7. The standard InChI is InChI=1S/C17H15FN2O3S/c1-10-3-6-13(9-15(10)18)20-16(11(2)23-17(20)21)12-4-7-14(8-5-12)24(19)22/h3-9H,19H2,1-2H3. The highest BCUT2D eigenvalue weighted by Gasteiger charge is 2.18. The Morgan fingerprint density at radius 2 is 1.79 bits per heavy atom. The van der Waals surface area contributed by atoms with Crippen LogP contribution < -0.4 is 10.9 Å². The molecule has 1 unspecified atom stereocenters. The van der Waals surface area contributed by atoms with Crippen LogP contribution in [-0.4, -0.2) is 8.78 Å². The van der Waals surface area contributed by atoms with Gasteiger partial charge in [-0.05, 0) is 43.7 Å². The van der Waals surface area contributed by atoms with Crippen molar-refractivity contribution in [3.8, 4) is 16.9 Å². The minimum atomic E-state index is -1.58. The molecule has 3 rings (SSSR count). The maximum atomic E-state index is 13.9. The van der Waals surface area contributed by atoms with Crippen LogP contribution in [0.1, 0.15) is 11.3 Å². The first kappa shape index (κ1) is 16.4. The molecular weight excluding hydrogens is 331 g/mol. The van der Waals surface area contributed by atoms with E-state index in [9.17, 15) is 13.4 Å². The summed E-state index contributed by atoms with van der Waals surface area (Å²) in [6, 6.07) is 11.2. The number of aromatic nitrogens is 1. The Morgan fingerprint density at radius 3 is 2.38 bits per heavy atom. The smallest absolute Gasteiger partial charge is 0.412 e. The Labute approximate surface area is 140 Å². The molecule has 1 atom stereocenters. The largest absolute Gasteiger partial charge is 0.424 e. The van der Waals surface area contributed by atoms with E-state index in [-0.39, 0.29) is 0 Å². The van der Waals surface area contributed by atoms with Crippen LogP contribution in [0.4, 0.5) is 4.39 Å². The molecule has 0 radical (unpaired) electrons. The molecule has 0 bridgehead atoms. The third-order valence-corrected chi connectivity index (χ3v) is 4.49. The van der Waals surface area contributed by atoms with Crippen LogP contribution >= 0.6 is 0 Å². The van der Waals surface area contributed by atoms with E-state index in [0.29, 0.717) is 33.2 Å². The molecule has 2 N–H and O–H groups in total. The monoisotopic (exact) mass is 346 g/mol. The van der Waals surface area contributed by atoms with Crippen LogP contribution in [0.5, 0.6) is 0 Å². The van der Waals surface area contributed by atoms with Crippen molar-refractivity contribution in [2.75, 3.05) is 0 Å². The van der Waals surface area contributed by atoms with Crippen molar-refractivity contribution in [1.29, 1.82) is 0 Å². The van der Waals surface area contributed by atoms with E-state index < -0.39 is 22.6 Å². The third kappa shape index (κ3) is 2.83. The van der Waals surface area contributed by atoms with Crippen molar-refractivity contribution in [3.05, 3.63) is 70.2 Å². The maximum absolute atomic E-state index is 13.9. The van der Waals surface area contributed by atoms with Gasteiger partial charge in [-0.2, -0.15) is 0 Å². The molecule has 0 amide bonds. The second-order valence-corrected chi connectivity index (χ2v) is 6.43. The number of hydrogen-bond donors (Lipinski definition) is 1. The molecule has 1 aromatic heterocycles. The van der Waals surface area contributed by atoms with Crippen molar-refractivity contribution < 1.29 is 13.0 Å². The average molecular weight is 346 g/mol. The maximum Gasteiger partial charge on any atom is 0.424 e. The molecular formula is C17H15FN2O3S. The molecule has 0 saturated carbocycles. The third-order valence-electron chi connectivity index (χ3n) is 3.75. The second-order valence-electron chi connectivity index (χ2n) is 5.36. The molecule has 5 nitrogen and oxygen atoms in total. The lowest BCUT2D eigenvalue weighted by molar-refractivity contribution is 0.479. The number of rotatable bonds is 3. The van der Waals surface area contributed by atoms with Crippen LogP contribution in [0.3, 0.4) is 0 Å². The van der Waals surface area contributed by atoms with Crippen molar-refractivity contribution in [2.45, 2.75) is 18.7 Å². The van der Waals surface area contributed by atoms with E-state index >= 15 is 0 Å². The fourth-order valence-electron chi connectivity index (χ4n) is 2.51. The van der Waals surface area contributed by atoms with E-state index in [0.717, 1.165) is 0 Å². The lowest BCUT2D eigenvalue weighted by Gasteiger charge is -2.09. The van der Waals surface area contributed by atoms with E-state index in [2.05, 4.69) is 0 Å². The van der Waals surface area contributed by atoms with Crippen LogP contribution in [0.15, 0.2) is 56.6 Å². The Kier molecular flexibility index (Phi) is 4.21. The van der Waals surface area contributed by atoms with Gasteiger partial charge in [0.05, 0.1) is 16.3 Å². The topological polar surface area (TPSA) is 78.2 Å². The zero-order valence-electron chi connectivity index (χ0n) is 13.1. The molecule has 0 aliphatic rings. The van der Waals surface area contributed by atoms with Gasteiger partial charge >= 0.3 is 5.76 Å². The Hall–Kier alpha value is -2.51. The normalized spacial score (nSPS) is 12.3. The van der Waals surface area contributed by atoms with E-state index in [1.165, 1.54) is 10.6 Å². The predicted molar refractivity (Wildman–Crippen MR) is 89.8 cm³/mol. The number of halogens is 1. The number of oxazole rings is 1. The summed E-state index contributed by atoms with van der Waals surface area (Å²) in [6.45, 7) is 3.31. The van der Waals surface area contributed by atoms with Gasteiger partial charge in [-0.15, -0.1) is 0 Å². The Morgan fingerprint density at radius 1 is 1.12 bits per heavy atom. The van der Waals surface area contributed by atoms with Gasteiger partial charge < -0.3 is 4.42 Å². The first-order valence-corrected chi connectivity index (χ1v) is 8.35. The van der Waals surface area contributed by atoms with Crippen molar-refractivity contribution in [3.63, 3.8) is 0 Å². The van der Waals surface area contributed by atoms with Gasteiger partial charge in [0.15, 0.2) is 0 Å². The van der Waals surface area contributed by atoms with Crippen LogP contribution in [0.25, 0.3) is 16.9 Å². The van der Waals surface area contributed by atoms with Gasteiger partial charge in [0, 0.05) is 5.56 Å². The minimum Gasteiger partial charge on any atom is -0.412 e. The molecule has 0 aliphatic heterocycles. The number of nitrogens with zero attached hydrogens (tertiary/aromatic N) is 1. The first-order chi connectivity index (χ1) is 11.4. The van der Waals surface area contributed by atoms with E-state index in [1.807, 2.05) is 0 Å². The molecule has 0 spiro atoms. The molecule has 0 aliphatic carbocycles. The van der Waals surface area contributed by atoms with Gasteiger partial charge in [0.25, 0.3) is 0 Å². The summed E-state index contributed by atoms with van der Waals surface area (Å²) in [5.74, 6) is -0.599. The fraction of sp³-hybridized carbons (Fsp3) is 0.118. The van der Waals surface area contributed by atoms with E-state index in [1.54, 1.807) is 50.2 Å². The van der Waals surface area contributed by atoms with Gasteiger partial charge in [0.2, 0.25) is 0 Å². The van der Waals surface area contributed by atoms with Crippen molar-refractivity contribution in [1.82, 2.24) is 4.57 Å². The molecule has 0 saturated heterocycles.